The first-order valence-electron chi connectivity index (χ1n) is 4.82. The zero-order valence-corrected chi connectivity index (χ0v) is 7.26. The first-order chi connectivity index (χ1) is 5.39. The predicted octanol–water partition coefficient (Wildman–Crippen LogP) is 2.61. The molecule has 0 radical (unpaired) electrons. The third kappa shape index (κ3) is 4.20. The van der Waals surface area contributed by atoms with Crippen molar-refractivity contribution >= 4 is 0 Å². The largest absolute Gasteiger partial charge is 0.324 e. The molecule has 1 rings (SSSR count). The third-order valence-electron chi connectivity index (χ3n) is 2.29. The van der Waals surface area contributed by atoms with Gasteiger partial charge in [-0.05, 0) is 19.3 Å². The van der Waals surface area contributed by atoms with E-state index in [0.29, 0.717) is 6.04 Å². The standard InChI is InChI=1S/C10H19N/c11-10-8-6-4-2-1-3-5-7-9-10/h6,8,10H,1-5,7,9,11H2. The smallest absolute Gasteiger partial charge is 0.0223 e. The van der Waals surface area contributed by atoms with Gasteiger partial charge in [-0.25, -0.2) is 0 Å². The maximum Gasteiger partial charge on any atom is 0.0223 e. The van der Waals surface area contributed by atoms with Gasteiger partial charge in [-0.15, -0.1) is 0 Å². The summed E-state index contributed by atoms with van der Waals surface area (Å²) in [7, 11) is 0. The number of nitrogens with two attached hydrogens (primary N) is 1. The van der Waals surface area contributed by atoms with Crippen LogP contribution >= 0.6 is 0 Å². The van der Waals surface area contributed by atoms with E-state index in [-0.39, 0.29) is 0 Å². The SMILES string of the molecule is NC1C=CCCCCCCC1. The van der Waals surface area contributed by atoms with Crippen molar-refractivity contribution in [3.63, 3.8) is 0 Å². The molecule has 0 aromatic heterocycles. The number of rotatable bonds is 0. The summed E-state index contributed by atoms with van der Waals surface area (Å²) in [5.41, 5.74) is 5.84. The summed E-state index contributed by atoms with van der Waals surface area (Å²) in [5.74, 6) is 0. The molecular formula is C10H19N. The predicted molar refractivity (Wildman–Crippen MR) is 49.4 cm³/mol. The minimum absolute atomic E-state index is 0.327. The van der Waals surface area contributed by atoms with Gasteiger partial charge >= 0.3 is 0 Å². The van der Waals surface area contributed by atoms with Gasteiger partial charge in [0.25, 0.3) is 0 Å². The lowest BCUT2D eigenvalue weighted by atomic mass is 10.0. The van der Waals surface area contributed by atoms with Gasteiger partial charge in [0.2, 0.25) is 0 Å². The zero-order valence-electron chi connectivity index (χ0n) is 7.26. The van der Waals surface area contributed by atoms with E-state index in [4.69, 9.17) is 5.73 Å². The summed E-state index contributed by atoms with van der Waals surface area (Å²) >= 11 is 0. The molecule has 0 bridgehead atoms. The quantitative estimate of drug-likeness (QED) is 0.532. The van der Waals surface area contributed by atoms with Gasteiger partial charge in [0.15, 0.2) is 0 Å². The Morgan fingerprint density at radius 3 is 2.64 bits per heavy atom. The summed E-state index contributed by atoms with van der Waals surface area (Å²) in [5, 5.41) is 0. The van der Waals surface area contributed by atoms with Crippen molar-refractivity contribution < 1.29 is 0 Å². The number of hydrogen-bond donors (Lipinski definition) is 1. The van der Waals surface area contributed by atoms with Crippen LogP contribution in [0.15, 0.2) is 12.2 Å². The summed E-state index contributed by atoms with van der Waals surface area (Å²) in [6.45, 7) is 0. The molecule has 0 aromatic rings. The van der Waals surface area contributed by atoms with E-state index in [1.165, 1.54) is 44.9 Å². The Balaban J connectivity index is 2.26. The van der Waals surface area contributed by atoms with Gasteiger partial charge < -0.3 is 5.73 Å². The molecular weight excluding hydrogens is 134 g/mol. The minimum Gasteiger partial charge on any atom is -0.324 e. The van der Waals surface area contributed by atoms with Crippen molar-refractivity contribution in [2.24, 2.45) is 5.73 Å². The van der Waals surface area contributed by atoms with E-state index >= 15 is 0 Å². The molecule has 1 aliphatic rings. The Morgan fingerprint density at radius 2 is 1.73 bits per heavy atom. The topological polar surface area (TPSA) is 26.0 Å². The van der Waals surface area contributed by atoms with Crippen LogP contribution in [0, 0.1) is 0 Å². The first kappa shape index (κ1) is 8.79. The van der Waals surface area contributed by atoms with Crippen LogP contribution in [0.2, 0.25) is 0 Å². The average Bonchev–Trinajstić information content (AvgIpc) is 2.03. The normalized spacial score (nSPS) is 28.3. The molecule has 1 aliphatic carbocycles. The van der Waals surface area contributed by atoms with E-state index in [2.05, 4.69) is 12.2 Å². The Morgan fingerprint density at radius 1 is 1.00 bits per heavy atom. The second kappa shape index (κ2) is 5.36. The fraction of sp³-hybridized carbons (Fsp3) is 0.800. The Kier molecular flexibility index (Phi) is 4.29. The average molecular weight is 153 g/mol. The second-order valence-corrected chi connectivity index (χ2v) is 3.44. The van der Waals surface area contributed by atoms with Crippen molar-refractivity contribution in [3.05, 3.63) is 12.2 Å². The van der Waals surface area contributed by atoms with E-state index < -0.39 is 0 Å². The molecule has 0 aliphatic heterocycles. The zero-order chi connectivity index (χ0) is 7.94. The van der Waals surface area contributed by atoms with Gasteiger partial charge in [0.05, 0.1) is 0 Å². The van der Waals surface area contributed by atoms with Crippen molar-refractivity contribution in [1.82, 2.24) is 0 Å². The molecule has 11 heavy (non-hydrogen) atoms. The van der Waals surface area contributed by atoms with Gasteiger partial charge in [-0.3, -0.25) is 0 Å². The maximum absolute atomic E-state index is 5.84. The van der Waals surface area contributed by atoms with Crippen LogP contribution in [0.5, 0.6) is 0 Å². The summed E-state index contributed by atoms with van der Waals surface area (Å²) in [6.07, 6.45) is 13.7. The molecule has 64 valence electrons. The monoisotopic (exact) mass is 153 g/mol. The molecule has 1 heteroatoms. The molecule has 0 saturated carbocycles. The third-order valence-corrected chi connectivity index (χ3v) is 2.29. The van der Waals surface area contributed by atoms with E-state index in [1.807, 2.05) is 0 Å². The van der Waals surface area contributed by atoms with Crippen LogP contribution in [0.1, 0.15) is 44.9 Å². The molecule has 2 N–H and O–H groups in total. The van der Waals surface area contributed by atoms with E-state index in [0.717, 1.165) is 0 Å². The number of hydrogen-bond acceptors (Lipinski definition) is 1. The molecule has 0 amide bonds. The lowest BCUT2D eigenvalue weighted by Gasteiger charge is -2.08. The van der Waals surface area contributed by atoms with Crippen LogP contribution in [-0.2, 0) is 0 Å². The van der Waals surface area contributed by atoms with Gasteiger partial charge in [-0.1, -0.05) is 37.8 Å². The van der Waals surface area contributed by atoms with Gasteiger partial charge in [0.1, 0.15) is 0 Å². The van der Waals surface area contributed by atoms with Crippen LogP contribution in [0.25, 0.3) is 0 Å². The molecule has 0 fully saturated rings. The lowest BCUT2D eigenvalue weighted by Crippen LogP contribution is -2.16. The van der Waals surface area contributed by atoms with Crippen molar-refractivity contribution in [2.45, 2.75) is 51.0 Å². The second-order valence-electron chi connectivity index (χ2n) is 3.44. The van der Waals surface area contributed by atoms with Crippen LogP contribution in [0.4, 0.5) is 0 Å². The number of allylic oxidation sites excluding steroid dienone is 1. The molecule has 0 aromatic carbocycles. The molecule has 1 unspecified atom stereocenters. The fourth-order valence-corrected chi connectivity index (χ4v) is 1.54. The van der Waals surface area contributed by atoms with E-state index in [1.54, 1.807) is 0 Å². The Hall–Kier alpha value is -0.300. The van der Waals surface area contributed by atoms with E-state index in [9.17, 15) is 0 Å². The van der Waals surface area contributed by atoms with Crippen LogP contribution in [0.3, 0.4) is 0 Å². The summed E-state index contributed by atoms with van der Waals surface area (Å²) in [4.78, 5) is 0. The molecule has 1 atom stereocenters. The van der Waals surface area contributed by atoms with Crippen LogP contribution in [-0.4, -0.2) is 6.04 Å². The molecule has 0 heterocycles. The highest BCUT2D eigenvalue weighted by molar-refractivity contribution is 4.91. The highest BCUT2D eigenvalue weighted by Crippen LogP contribution is 2.11. The van der Waals surface area contributed by atoms with Gasteiger partial charge in [-0.2, -0.15) is 0 Å². The molecule has 0 spiro atoms. The summed E-state index contributed by atoms with van der Waals surface area (Å²) < 4.78 is 0. The maximum atomic E-state index is 5.84. The van der Waals surface area contributed by atoms with Crippen LogP contribution < -0.4 is 5.73 Å². The molecule has 0 saturated heterocycles. The minimum atomic E-state index is 0.327. The lowest BCUT2D eigenvalue weighted by molar-refractivity contribution is 0.566. The highest BCUT2D eigenvalue weighted by Gasteiger charge is 1.98. The molecule has 1 nitrogen and oxygen atoms in total. The van der Waals surface area contributed by atoms with Crippen molar-refractivity contribution in [1.29, 1.82) is 0 Å². The Labute approximate surface area is 69.7 Å². The van der Waals surface area contributed by atoms with Crippen molar-refractivity contribution in [3.8, 4) is 0 Å². The summed E-state index contributed by atoms with van der Waals surface area (Å²) in [6, 6.07) is 0.327. The van der Waals surface area contributed by atoms with Crippen molar-refractivity contribution in [2.75, 3.05) is 0 Å². The first-order valence-corrected chi connectivity index (χ1v) is 4.82. The van der Waals surface area contributed by atoms with Gasteiger partial charge in [0, 0.05) is 6.04 Å². The highest BCUT2D eigenvalue weighted by atomic mass is 14.6. The fourth-order valence-electron chi connectivity index (χ4n) is 1.54. The Bertz CT molecular complexity index is 118.